The molecule has 1 aromatic heterocycles. The van der Waals surface area contributed by atoms with E-state index < -0.39 is 10.0 Å². The number of nitrogens with zero attached hydrogens (tertiary/aromatic N) is 2. The van der Waals surface area contributed by atoms with Crippen LogP contribution < -0.4 is 5.32 Å². The van der Waals surface area contributed by atoms with E-state index in [1.54, 1.807) is 46.9 Å². The lowest BCUT2D eigenvalue weighted by molar-refractivity contribution is -0.116. The summed E-state index contributed by atoms with van der Waals surface area (Å²) in [5.74, 6) is 0.411. The van der Waals surface area contributed by atoms with Crippen LogP contribution in [0.1, 0.15) is 31.2 Å². The van der Waals surface area contributed by atoms with Crippen molar-refractivity contribution in [2.24, 2.45) is 0 Å². The highest BCUT2D eigenvalue weighted by Gasteiger charge is 2.25. The summed E-state index contributed by atoms with van der Waals surface area (Å²) in [6, 6.07) is 12.2. The van der Waals surface area contributed by atoms with Crippen LogP contribution in [0.5, 0.6) is 0 Å². The van der Waals surface area contributed by atoms with Gasteiger partial charge in [-0.25, -0.2) is 13.4 Å². The van der Waals surface area contributed by atoms with Crippen LogP contribution in [0.4, 0.5) is 5.82 Å². The molecule has 1 saturated heterocycles. The molecule has 0 unspecified atom stereocenters. The molecule has 0 spiro atoms. The molecule has 1 amide bonds. The number of carbonyl (C=O) groups excluding carboxylic acids is 1. The highest BCUT2D eigenvalue weighted by Crippen LogP contribution is 2.21. The topological polar surface area (TPSA) is 79.4 Å². The van der Waals surface area contributed by atoms with Crippen molar-refractivity contribution >= 4 is 21.7 Å². The molecule has 2 heterocycles. The maximum Gasteiger partial charge on any atom is 0.243 e. The number of piperidine rings is 1. The van der Waals surface area contributed by atoms with Crippen LogP contribution in [0.15, 0.2) is 53.6 Å². The lowest BCUT2D eigenvalue weighted by atomic mass is 10.1. The summed E-state index contributed by atoms with van der Waals surface area (Å²) in [5.41, 5.74) is 0.929. The zero-order valence-electron chi connectivity index (χ0n) is 14.6. The van der Waals surface area contributed by atoms with Crippen LogP contribution in [0.2, 0.25) is 0 Å². The number of anilines is 1. The second-order valence-electron chi connectivity index (χ2n) is 6.37. The lowest BCUT2D eigenvalue weighted by Gasteiger charge is -2.25. The maximum absolute atomic E-state index is 12.6. The Hall–Kier alpha value is -2.25. The summed E-state index contributed by atoms with van der Waals surface area (Å²) in [4.78, 5) is 16.3. The molecule has 1 aliphatic rings. The van der Waals surface area contributed by atoms with Gasteiger partial charge in [-0.3, -0.25) is 4.79 Å². The van der Waals surface area contributed by atoms with Gasteiger partial charge in [-0.1, -0.05) is 24.6 Å². The van der Waals surface area contributed by atoms with Crippen molar-refractivity contribution in [3.63, 3.8) is 0 Å². The molecule has 1 N–H and O–H groups in total. The Morgan fingerprint density at radius 2 is 1.77 bits per heavy atom. The molecular formula is C19H23N3O3S. The normalized spacial score (nSPS) is 15.5. The van der Waals surface area contributed by atoms with Gasteiger partial charge in [-0.2, -0.15) is 4.31 Å². The van der Waals surface area contributed by atoms with Crippen molar-refractivity contribution in [3.8, 4) is 0 Å². The fourth-order valence-electron chi connectivity index (χ4n) is 2.98. The molecule has 26 heavy (non-hydrogen) atoms. The highest BCUT2D eigenvalue weighted by molar-refractivity contribution is 7.89. The fourth-order valence-corrected chi connectivity index (χ4v) is 4.50. The van der Waals surface area contributed by atoms with Gasteiger partial charge in [0.25, 0.3) is 0 Å². The van der Waals surface area contributed by atoms with Crippen LogP contribution in [-0.4, -0.2) is 36.7 Å². The molecule has 6 nitrogen and oxygen atoms in total. The summed E-state index contributed by atoms with van der Waals surface area (Å²) >= 11 is 0. The number of hydrogen-bond acceptors (Lipinski definition) is 4. The van der Waals surface area contributed by atoms with E-state index in [-0.39, 0.29) is 5.91 Å². The van der Waals surface area contributed by atoms with E-state index in [4.69, 9.17) is 0 Å². The highest BCUT2D eigenvalue weighted by atomic mass is 32.2. The molecule has 0 atom stereocenters. The van der Waals surface area contributed by atoms with E-state index >= 15 is 0 Å². The minimum absolute atomic E-state index is 0.117. The summed E-state index contributed by atoms with van der Waals surface area (Å²) < 4.78 is 26.8. The van der Waals surface area contributed by atoms with E-state index in [0.717, 1.165) is 24.8 Å². The zero-order chi connectivity index (χ0) is 18.4. The van der Waals surface area contributed by atoms with Crippen molar-refractivity contribution < 1.29 is 13.2 Å². The second kappa shape index (κ2) is 8.42. The Morgan fingerprint density at radius 3 is 2.42 bits per heavy atom. The standard InChI is InChI=1S/C19H23N3O3S/c23-19(21-18-6-2-3-13-20-18)12-9-16-7-10-17(11-8-16)26(24,25)22-14-4-1-5-15-22/h2-3,6-8,10-11,13H,1,4-5,9,12,14-15H2,(H,20,21,23). The van der Waals surface area contributed by atoms with Gasteiger partial charge in [0.15, 0.2) is 0 Å². The van der Waals surface area contributed by atoms with Gasteiger partial charge in [-0.05, 0) is 49.1 Å². The predicted molar refractivity (Wildman–Crippen MR) is 100 cm³/mol. The number of nitrogens with one attached hydrogen (secondary N) is 1. The number of benzene rings is 1. The average Bonchev–Trinajstić information content (AvgIpc) is 2.68. The van der Waals surface area contributed by atoms with Gasteiger partial charge >= 0.3 is 0 Å². The van der Waals surface area contributed by atoms with Gasteiger partial charge in [0.1, 0.15) is 5.82 Å². The van der Waals surface area contributed by atoms with Gasteiger partial charge < -0.3 is 5.32 Å². The number of hydrogen-bond donors (Lipinski definition) is 1. The molecule has 0 bridgehead atoms. The molecule has 0 saturated carbocycles. The third kappa shape index (κ3) is 4.68. The van der Waals surface area contributed by atoms with Gasteiger partial charge in [0.2, 0.25) is 15.9 Å². The zero-order valence-corrected chi connectivity index (χ0v) is 15.4. The Bertz CT molecular complexity index is 830. The Labute approximate surface area is 154 Å². The first-order chi connectivity index (χ1) is 12.6. The first-order valence-electron chi connectivity index (χ1n) is 8.86. The predicted octanol–water partition coefficient (Wildman–Crippen LogP) is 2.83. The summed E-state index contributed by atoms with van der Waals surface area (Å²) in [6.45, 7) is 1.19. The second-order valence-corrected chi connectivity index (χ2v) is 8.31. The molecule has 0 aliphatic carbocycles. The quantitative estimate of drug-likeness (QED) is 0.844. The van der Waals surface area contributed by atoms with E-state index in [0.29, 0.717) is 36.6 Å². The summed E-state index contributed by atoms with van der Waals surface area (Å²) in [6.07, 6.45) is 5.41. The monoisotopic (exact) mass is 373 g/mol. The van der Waals surface area contributed by atoms with Crippen LogP contribution in [-0.2, 0) is 21.2 Å². The summed E-state index contributed by atoms with van der Waals surface area (Å²) in [5, 5.41) is 2.74. The van der Waals surface area contributed by atoms with Crippen LogP contribution in [0.3, 0.4) is 0 Å². The average molecular weight is 373 g/mol. The molecule has 1 aromatic carbocycles. The van der Waals surface area contributed by atoms with E-state index in [2.05, 4.69) is 10.3 Å². The Balaban J connectivity index is 1.56. The van der Waals surface area contributed by atoms with Crippen molar-refractivity contribution in [1.82, 2.24) is 9.29 Å². The van der Waals surface area contributed by atoms with Gasteiger partial charge in [-0.15, -0.1) is 0 Å². The Morgan fingerprint density at radius 1 is 1.04 bits per heavy atom. The third-order valence-electron chi connectivity index (χ3n) is 4.45. The van der Waals surface area contributed by atoms with Crippen LogP contribution >= 0.6 is 0 Å². The molecule has 1 aliphatic heterocycles. The minimum atomic E-state index is -3.40. The first kappa shape index (κ1) is 18.5. The van der Waals surface area contributed by atoms with Gasteiger partial charge in [0, 0.05) is 25.7 Å². The number of rotatable bonds is 6. The van der Waals surface area contributed by atoms with Crippen LogP contribution in [0.25, 0.3) is 0 Å². The molecule has 138 valence electrons. The fraction of sp³-hybridized carbons (Fsp3) is 0.368. The third-order valence-corrected chi connectivity index (χ3v) is 6.36. The number of aromatic nitrogens is 1. The molecular weight excluding hydrogens is 350 g/mol. The SMILES string of the molecule is O=C(CCc1ccc(S(=O)(=O)N2CCCCC2)cc1)Nc1ccccn1. The number of pyridine rings is 1. The number of sulfonamides is 1. The molecule has 7 heteroatoms. The number of carbonyl (C=O) groups is 1. The first-order valence-corrected chi connectivity index (χ1v) is 10.3. The van der Waals surface area contributed by atoms with E-state index in [1.807, 2.05) is 6.07 Å². The van der Waals surface area contributed by atoms with Gasteiger partial charge in [0.05, 0.1) is 4.90 Å². The lowest BCUT2D eigenvalue weighted by Crippen LogP contribution is -2.35. The number of amides is 1. The van der Waals surface area contributed by atoms with E-state index in [9.17, 15) is 13.2 Å². The van der Waals surface area contributed by atoms with Crippen molar-refractivity contribution in [2.45, 2.75) is 37.0 Å². The largest absolute Gasteiger partial charge is 0.311 e. The molecule has 1 fully saturated rings. The van der Waals surface area contributed by atoms with E-state index in [1.165, 1.54) is 0 Å². The maximum atomic E-state index is 12.6. The van der Waals surface area contributed by atoms with Crippen LogP contribution in [0, 0.1) is 0 Å². The molecule has 2 aromatic rings. The smallest absolute Gasteiger partial charge is 0.243 e. The van der Waals surface area contributed by atoms with Crippen molar-refractivity contribution in [3.05, 3.63) is 54.2 Å². The summed E-state index contributed by atoms with van der Waals surface area (Å²) in [7, 11) is -3.40. The number of aryl methyl sites for hydroxylation is 1. The van der Waals surface area contributed by atoms with Crippen molar-refractivity contribution in [2.75, 3.05) is 18.4 Å². The molecule has 0 radical (unpaired) electrons. The Kier molecular flexibility index (Phi) is 6.00. The van der Waals surface area contributed by atoms with Crippen molar-refractivity contribution in [1.29, 1.82) is 0 Å². The minimum Gasteiger partial charge on any atom is -0.311 e. The molecule has 3 rings (SSSR count).